The number of benzene rings is 4. The molecule has 0 spiro atoms. The Kier molecular flexibility index (Phi) is 7.04. The number of esters is 1. The summed E-state index contributed by atoms with van der Waals surface area (Å²) in [5.41, 5.74) is 6.12. The second kappa shape index (κ2) is 10.7. The van der Waals surface area contributed by atoms with E-state index in [0.717, 1.165) is 23.2 Å². The third-order valence-electron chi connectivity index (χ3n) is 8.00. The number of para-hydroxylation sites is 3. The number of amides is 2. The molecule has 1 unspecified atom stereocenters. The minimum atomic E-state index is -0.668. The van der Waals surface area contributed by atoms with Crippen LogP contribution in [0.2, 0.25) is 0 Å². The second-order valence-corrected chi connectivity index (χ2v) is 12.3. The van der Waals surface area contributed by atoms with Crippen molar-refractivity contribution in [3.05, 3.63) is 125 Å². The Morgan fingerprint density at radius 2 is 1.44 bits per heavy atom. The van der Waals surface area contributed by atoms with E-state index in [1.54, 1.807) is 39.0 Å². The van der Waals surface area contributed by atoms with E-state index in [0.29, 0.717) is 16.9 Å². The van der Waals surface area contributed by atoms with Crippen LogP contribution in [0.25, 0.3) is 0 Å². The van der Waals surface area contributed by atoms with Gasteiger partial charge < -0.3 is 10.1 Å². The summed E-state index contributed by atoms with van der Waals surface area (Å²) in [5, 5.41) is 3.78. The molecule has 2 heterocycles. The van der Waals surface area contributed by atoms with Crippen LogP contribution in [0, 0.1) is 6.92 Å². The van der Waals surface area contributed by atoms with Crippen LogP contribution in [0.4, 0.5) is 17.1 Å². The van der Waals surface area contributed by atoms with Crippen molar-refractivity contribution in [3.63, 3.8) is 0 Å². The fourth-order valence-electron chi connectivity index (χ4n) is 5.98. The van der Waals surface area contributed by atoms with Crippen LogP contribution in [0.1, 0.15) is 53.4 Å². The second-order valence-electron chi connectivity index (χ2n) is 12.3. The average Bonchev–Trinajstić information content (AvgIpc) is 3.38. The number of hydrogen-bond acceptors (Lipinski definition) is 5. The maximum Gasteiger partial charge on any atom is 0.326 e. The summed E-state index contributed by atoms with van der Waals surface area (Å²) >= 11 is 0. The van der Waals surface area contributed by atoms with Crippen LogP contribution in [0.15, 0.2) is 97.1 Å². The molecule has 0 aliphatic carbocycles. The third-order valence-corrected chi connectivity index (χ3v) is 8.00. The van der Waals surface area contributed by atoms with E-state index >= 15 is 0 Å². The van der Waals surface area contributed by atoms with Gasteiger partial charge >= 0.3 is 5.97 Å². The summed E-state index contributed by atoms with van der Waals surface area (Å²) in [6.07, 6.45) is 0.779. The maximum absolute atomic E-state index is 13.9. The predicted molar refractivity (Wildman–Crippen MR) is 168 cm³/mol. The van der Waals surface area contributed by atoms with E-state index < -0.39 is 17.1 Å². The van der Waals surface area contributed by atoms with Gasteiger partial charge in [0.25, 0.3) is 5.91 Å². The number of ether oxygens (including phenoxy) is 1. The zero-order chi connectivity index (χ0) is 30.4. The molecule has 0 aromatic heterocycles. The van der Waals surface area contributed by atoms with Gasteiger partial charge in [-0.25, -0.2) is 0 Å². The molecule has 2 amide bonds. The first-order valence-corrected chi connectivity index (χ1v) is 14.5. The first-order chi connectivity index (χ1) is 20.5. The highest BCUT2D eigenvalue weighted by molar-refractivity contribution is 6.16. The number of fused-ring (bicyclic) bond motifs is 2. The summed E-state index contributed by atoms with van der Waals surface area (Å²) in [6, 6.07) is 31.7. The van der Waals surface area contributed by atoms with Crippen molar-refractivity contribution < 1.29 is 19.1 Å². The van der Waals surface area contributed by atoms with E-state index in [1.165, 1.54) is 20.9 Å². The molecule has 0 radical (unpaired) electrons. The fourth-order valence-corrected chi connectivity index (χ4v) is 5.98. The molecule has 2 aliphatic rings. The van der Waals surface area contributed by atoms with Gasteiger partial charge in [0.15, 0.2) is 0 Å². The summed E-state index contributed by atoms with van der Waals surface area (Å²) < 4.78 is 5.45. The van der Waals surface area contributed by atoms with Crippen LogP contribution < -0.4 is 15.1 Å². The van der Waals surface area contributed by atoms with Crippen molar-refractivity contribution in [1.82, 2.24) is 0 Å². The summed E-state index contributed by atoms with van der Waals surface area (Å²) in [5.74, 6) is -1.13. The molecule has 0 saturated carbocycles. The smallest absolute Gasteiger partial charge is 0.326 e. The lowest BCUT2D eigenvalue weighted by Gasteiger charge is -2.36. The number of anilines is 3. The molecule has 4 aromatic rings. The summed E-state index contributed by atoms with van der Waals surface area (Å²) in [4.78, 5) is 42.6. The molecule has 218 valence electrons. The molecule has 0 saturated heterocycles. The zero-order valence-electron chi connectivity index (χ0n) is 24.9. The quantitative estimate of drug-likeness (QED) is 0.286. The average molecular weight is 574 g/mol. The van der Waals surface area contributed by atoms with Crippen LogP contribution >= 0.6 is 0 Å². The number of rotatable bonds is 5. The van der Waals surface area contributed by atoms with Gasteiger partial charge in [0, 0.05) is 17.7 Å². The molecule has 43 heavy (non-hydrogen) atoms. The van der Waals surface area contributed by atoms with Crippen molar-refractivity contribution in [2.45, 2.75) is 45.3 Å². The molecule has 0 bridgehead atoms. The number of nitrogens with zero attached hydrogens (tertiary/aromatic N) is 2. The Hall–Kier alpha value is -4.91. The minimum Gasteiger partial charge on any atom is -0.459 e. The number of aryl methyl sites for hydroxylation is 1. The Labute approximate surface area is 252 Å². The predicted octanol–water partition coefficient (Wildman–Crippen LogP) is 6.24. The normalized spacial score (nSPS) is 17.6. The Balaban J connectivity index is 1.29. The first-order valence-electron chi connectivity index (χ1n) is 14.5. The molecule has 2 aliphatic heterocycles. The van der Waals surface area contributed by atoms with Crippen LogP contribution in [0.3, 0.4) is 0 Å². The lowest BCUT2D eigenvalue weighted by molar-refractivity contribution is -0.153. The Bertz CT molecular complexity index is 1680. The molecular weight excluding hydrogens is 538 g/mol. The van der Waals surface area contributed by atoms with Crippen molar-refractivity contribution in [1.29, 1.82) is 0 Å². The molecule has 7 nitrogen and oxygen atoms in total. The SMILES string of the molecule is Cc1ccc(C2(c3ccc(C(=O)N4CC(=O)N(CC(=O)OC(C)(C)C)c5ccccc54)cc3)Cc3ccccc3N2)cc1. The molecular formula is C36H35N3O4. The molecule has 1 atom stereocenters. The van der Waals surface area contributed by atoms with Gasteiger partial charge in [0.1, 0.15) is 18.7 Å². The highest BCUT2D eigenvalue weighted by atomic mass is 16.6. The van der Waals surface area contributed by atoms with Crippen molar-refractivity contribution in [2.24, 2.45) is 0 Å². The van der Waals surface area contributed by atoms with Gasteiger partial charge in [-0.15, -0.1) is 0 Å². The third kappa shape index (κ3) is 5.39. The number of hydrogen-bond donors (Lipinski definition) is 1. The molecule has 7 heteroatoms. The largest absolute Gasteiger partial charge is 0.459 e. The first kappa shape index (κ1) is 28.2. The highest BCUT2D eigenvalue weighted by Gasteiger charge is 2.40. The molecule has 1 N–H and O–H groups in total. The van der Waals surface area contributed by atoms with E-state index in [1.807, 2.05) is 36.4 Å². The zero-order valence-corrected chi connectivity index (χ0v) is 24.9. The standard InChI is InChI=1S/C36H35N3O4/c1-24-13-17-27(18-14-24)36(21-26-9-5-6-10-29(26)37-36)28-19-15-25(16-20-28)34(42)39-22-32(40)38(23-33(41)43-35(2,3)4)30-11-7-8-12-31(30)39/h5-20,37H,21-23H2,1-4H3. The van der Waals surface area contributed by atoms with Crippen molar-refractivity contribution in [3.8, 4) is 0 Å². The van der Waals surface area contributed by atoms with Gasteiger partial charge in [-0.3, -0.25) is 24.2 Å². The Morgan fingerprint density at radius 3 is 2.09 bits per heavy atom. The molecule has 0 fully saturated rings. The molecule has 4 aromatic carbocycles. The van der Waals surface area contributed by atoms with Gasteiger partial charge in [0.05, 0.1) is 16.9 Å². The maximum atomic E-state index is 13.9. The lowest BCUT2D eigenvalue weighted by atomic mass is 9.80. The monoisotopic (exact) mass is 573 g/mol. The van der Waals surface area contributed by atoms with Gasteiger partial charge in [-0.05, 0) is 74.7 Å². The van der Waals surface area contributed by atoms with Crippen molar-refractivity contribution in [2.75, 3.05) is 28.2 Å². The topological polar surface area (TPSA) is 79.0 Å². The van der Waals surface area contributed by atoms with E-state index in [4.69, 9.17) is 4.74 Å². The fraction of sp³-hybridized carbons (Fsp3) is 0.250. The molecule has 6 rings (SSSR count). The number of carbonyl (C=O) groups excluding carboxylic acids is 3. The van der Waals surface area contributed by atoms with E-state index in [-0.39, 0.29) is 24.9 Å². The highest BCUT2D eigenvalue weighted by Crippen LogP contribution is 2.44. The Morgan fingerprint density at radius 1 is 0.837 bits per heavy atom. The summed E-state index contributed by atoms with van der Waals surface area (Å²) in [7, 11) is 0. The van der Waals surface area contributed by atoms with E-state index in [2.05, 4.69) is 54.7 Å². The number of nitrogens with one attached hydrogen (secondary N) is 1. The number of carbonyl (C=O) groups is 3. The summed E-state index contributed by atoms with van der Waals surface area (Å²) in [6.45, 7) is 7.03. The van der Waals surface area contributed by atoms with Crippen LogP contribution in [-0.2, 0) is 26.3 Å². The van der Waals surface area contributed by atoms with Crippen molar-refractivity contribution >= 4 is 34.8 Å². The van der Waals surface area contributed by atoms with Gasteiger partial charge in [-0.2, -0.15) is 0 Å². The van der Waals surface area contributed by atoms with E-state index in [9.17, 15) is 14.4 Å². The van der Waals surface area contributed by atoms with Gasteiger partial charge in [0.2, 0.25) is 5.91 Å². The van der Waals surface area contributed by atoms with Gasteiger partial charge in [-0.1, -0.05) is 72.3 Å². The minimum absolute atomic E-state index is 0.176. The van der Waals surface area contributed by atoms with Crippen LogP contribution in [-0.4, -0.2) is 36.5 Å². The lowest BCUT2D eigenvalue weighted by Crippen LogP contribution is -2.50. The van der Waals surface area contributed by atoms with Crippen LogP contribution in [0.5, 0.6) is 0 Å².